The van der Waals surface area contributed by atoms with E-state index in [2.05, 4.69) is 15.3 Å². The van der Waals surface area contributed by atoms with Gasteiger partial charge in [-0.25, -0.2) is 14.8 Å². The molecule has 0 atom stereocenters. The molecule has 166 valence electrons. The van der Waals surface area contributed by atoms with Crippen molar-refractivity contribution in [3.05, 3.63) is 47.4 Å². The van der Waals surface area contributed by atoms with Crippen LogP contribution < -0.4 is 10.2 Å². The fraction of sp³-hybridized carbons (Fsp3) is 0.400. The molecule has 1 aliphatic heterocycles. The van der Waals surface area contributed by atoms with Crippen molar-refractivity contribution >= 4 is 34.8 Å². The number of aromatic nitrogens is 2. The Balaban J connectivity index is 1.58. The molecule has 1 aromatic heterocycles. The smallest absolute Gasteiger partial charge is 0.433 e. The van der Waals surface area contributed by atoms with Gasteiger partial charge >= 0.3 is 12.1 Å². The first kappa shape index (κ1) is 22.7. The van der Waals surface area contributed by atoms with Crippen molar-refractivity contribution in [1.29, 1.82) is 0 Å². The highest BCUT2D eigenvalue weighted by molar-refractivity contribution is 7.80. The summed E-state index contributed by atoms with van der Waals surface area (Å²) in [6, 6.07) is 7.74. The predicted octanol–water partition coefficient (Wildman–Crippen LogP) is 3.50. The van der Waals surface area contributed by atoms with Gasteiger partial charge < -0.3 is 19.9 Å². The highest BCUT2D eigenvalue weighted by Gasteiger charge is 2.34. The molecule has 31 heavy (non-hydrogen) atoms. The number of hydrogen-bond donors (Lipinski definition) is 1. The van der Waals surface area contributed by atoms with E-state index in [0.717, 1.165) is 11.8 Å². The lowest BCUT2D eigenvalue weighted by atomic mass is 10.2. The van der Waals surface area contributed by atoms with Crippen LogP contribution in [0.4, 0.5) is 24.7 Å². The zero-order valence-corrected chi connectivity index (χ0v) is 17.9. The topological polar surface area (TPSA) is 70.6 Å². The fourth-order valence-corrected chi connectivity index (χ4v) is 3.40. The molecule has 11 heteroatoms. The summed E-state index contributed by atoms with van der Waals surface area (Å²) in [5.74, 6) is -0.0509. The van der Waals surface area contributed by atoms with Crippen LogP contribution >= 0.6 is 12.2 Å². The van der Waals surface area contributed by atoms with Crippen LogP contribution in [-0.2, 0) is 10.9 Å². The summed E-state index contributed by atoms with van der Waals surface area (Å²) in [7, 11) is 0. The number of thiocarbonyl (C=S) groups is 1. The molecule has 1 aromatic carbocycles. The number of esters is 1. The second kappa shape index (κ2) is 9.46. The van der Waals surface area contributed by atoms with E-state index in [0.29, 0.717) is 43.5 Å². The van der Waals surface area contributed by atoms with Gasteiger partial charge in [0.1, 0.15) is 17.3 Å². The van der Waals surface area contributed by atoms with Crippen molar-refractivity contribution in [3.8, 4) is 0 Å². The van der Waals surface area contributed by atoms with Crippen molar-refractivity contribution in [3.63, 3.8) is 0 Å². The molecular weight excluding hydrogens is 431 g/mol. The van der Waals surface area contributed by atoms with E-state index in [1.54, 1.807) is 36.1 Å². The van der Waals surface area contributed by atoms with E-state index in [1.807, 2.05) is 4.90 Å². The number of alkyl halides is 3. The van der Waals surface area contributed by atoms with Crippen molar-refractivity contribution in [2.24, 2.45) is 0 Å². The summed E-state index contributed by atoms with van der Waals surface area (Å²) in [6.07, 6.45) is -4.52. The molecule has 0 spiro atoms. The number of benzene rings is 1. The maximum absolute atomic E-state index is 13.0. The van der Waals surface area contributed by atoms with Gasteiger partial charge in [0.05, 0.1) is 12.2 Å². The molecule has 7 nitrogen and oxygen atoms in total. The standard InChI is InChI=1S/C20H22F3N5O2S/c1-3-30-18(29)14-4-6-15(7-5-14)26-19(31)28-10-8-27(9-11-28)17-12-16(20(21,22)23)24-13(2)25-17/h4-7,12H,3,8-11H2,1-2H3,(H,26,31). The van der Waals surface area contributed by atoms with Crippen LogP contribution in [0.5, 0.6) is 0 Å². The number of carbonyl (C=O) groups is 1. The van der Waals surface area contributed by atoms with Gasteiger partial charge in [-0.05, 0) is 50.3 Å². The SMILES string of the molecule is CCOC(=O)c1ccc(NC(=S)N2CCN(c3cc(C(F)(F)F)nc(C)n3)CC2)cc1. The molecule has 1 N–H and O–H groups in total. The molecule has 1 aliphatic rings. The predicted molar refractivity (Wildman–Crippen MR) is 114 cm³/mol. The maximum Gasteiger partial charge on any atom is 0.433 e. The zero-order chi connectivity index (χ0) is 22.6. The number of rotatable bonds is 4. The minimum atomic E-state index is -4.52. The average molecular weight is 453 g/mol. The molecular formula is C20H22F3N5O2S. The number of aryl methyl sites for hydroxylation is 1. The van der Waals surface area contributed by atoms with Crippen LogP contribution in [0, 0.1) is 6.92 Å². The molecule has 0 aliphatic carbocycles. The Hall–Kier alpha value is -2.95. The number of nitrogens with one attached hydrogen (secondary N) is 1. The van der Waals surface area contributed by atoms with Gasteiger partial charge in [0.15, 0.2) is 5.11 Å². The van der Waals surface area contributed by atoms with E-state index < -0.39 is 11.9 Å². The maximum atomic E-state index is 13.0. The minimum absolute atomic E-state index is 0.0794. The summed E-state index contributed by atoms with van der Waals surface area (Å²) in [5, 5.41) is 3.61. The van der Waals surface area contributed by atoms with Crippen molar-refractivity contribution in [1.82, 2.24) is 14.9 Å². The number of nitrogens with zero attached hydrogens (tertiary/aromatic N) is 4. The number of ether oxygens (including phenoxy) is 1. The van der Waals surface area contributed by atoms with Crippen molar-refractivity contribution in [2.45, 2.75) is 20.0 Å². The van der Waals surface area contributed by atoms with E-state index in [9.17, 15) is 18.0 Å². The first-order chi connectivity index (χ1) is 14.7. The lowest BCUT2D eigenvalue weighted by Crippen LogP contribution is -2.50. The summed E-state index contributed by atoms with van der Waals surface area (Å²) in [6.45, 7) is 5.48. The second-order valence-electron chi connectivity index (χ2n) is 6.86. The number of halogens is 3. The van der Waals surface area contributed by atoms with Crippen LogP contribution in [-0.4, -0.2) is 58.7 Å². The van der Waals surface area contributed by atoms with E-state index in [1.165, 1.54) is 6.92 Å². The van der Waals surface area contributed by atoms with Crippen LogP contribution in [0.25, 0.3) is 0 Å². The number of hydrogen-bond acceptors (Lipinski definition) is 6. The monoisotopic (exact) mass is 453 g/mol. The Bertz CT molecular complexity index is 945. The highest BCUT2D eigenvalue weighted by Crippen LogP contribution is 2.30. The molecule has 2 aromatic rings. The van der Waals surface area contributed by atoms with E-state index in [4.69, 9.17) is 17.0 Å². The van der Waals surface area contributed by atoms with Gasteiger partial charge in [-0.15, -0.1) is 0 Å². The minimum Gasteiger partial charge on any atom is -0.462 e. The Morgan fingerprint density at radius 3 is 2.39 bits per heavy atom. The van der Waals surface area contributed by atoms with Crippen molar-refractivity contribution < 1.29 is 22.7 Å². The lowest BCUT2D eigenvalue weighted by molar-refractivity contribution is -0.141. The molecule has 0 amide bonds. The second-order valence-corrected chi connectivity index (χ2v) is 7.25. The fourth-order valence-electron chi connectivity index (χ4n) is 3.10. The molecule has 2 heterocycles. The third-order valence-corrected chi connectivity index (χ3v) is 5.01. The van der Waals surface area contributed by atoms with Crippen LogP contribution in [0.2, 0.25) is 0 Å². The third-order valence-electron chi connectivity index (χ3n) is 4.65. The van der Waals surface area contributed by atoms with Crippen LogP contribution in [0.1, 0.15) is 28.8 Å². The van der Waals surface area contributed by atoms with Gasteiger partial charge in [0, 0.05) is 37.9 Å². The Labute approximate surface area is 183 Å². The number of anilines is 2. The summed E-state index contributed by atoms with van der Waals surface area (Å²) >= 11 is 5.46. The van der Waals surface area contributed by atoms with Gasteiger partial charge in [-0.2, -0.15) is 13.2 Å². The number of carbonyl (C=O) groups excluding carboxylic acids is 1. The largest absolute Gasteiger partial charge is 0.462 e. The normalized spacial score (nSPS) is 14.4. The summed E-state index contributed by atoms with van der Waals surface area (Å²) < 4.78 is 44.0. The first-order valence-corrected chi connectivity index (χ1v) is 10.1. The van der Waals surface area contributed by atoms with E-state index >= 15 is 0 Å². The molecule has 0 bridgehead atoms. The average Bonchev–Trinajstić information content (AvgIpc) is 2.73. The van der Waals surface area contributed by atoms with Gasteiger partial charge in [-0.3, -0.25) is 0 Å². The Morgan fingerprint density at radius 2 is 1.81 bits per heavy atom. The third kappa shape index (κ3) is 5.81. The molecule has 1 fully saturated rings. The Kier molecular flexibility index (Phi) is 6.94. The molecule has 0 radical (unpaired) electrons. The Morgan fingerprint density at radius 1 is 1.16 bits per heavy atom. The lowest BCUT2D eigenvalue weighted by Gasteiger charge is -2.37. The van der Waals surface area contributed by atoms with Crippen LogP contribution in [0.3, 0.4) is 0 Å². The van der Waals surface area contributed by atoms with Crippen molar-refractivity contribution in [2.75, 3.05) is 43.0 Å². The zero-order valence-electron chi connectivity index (χ0n) is 17.1. The molecule has 0 saturated carbocycles. The highest BCUT2D eigenvalue weighted by atomic mass is 32.1. The molecule has 1 saturated heterocycles. The summed E-state index contributed by atoms with van der Waals surface area (Å²) in [4.78, 5) is 23.1. The quantitative estimate of drug-likeness (QED) is 0.557. The van der Waals surface area contributed by atoms with Gasteiger partial charge in [0.25, 0.3) is 0 Å². The molecule has 3 rings (SSSR count). The summed E-state index contributed by atoms with van der Waals surface area (Å²) in [5.41, 5.74) is 0.230. The van der Waals surface area contributed by atoms with E-state index in [-0.39, 0.29) is 17.6 Å². The van der Waals surface area contributed by atoms with Crippen LogP contribution in [0.15, 0.2) is 30.3 Å². The number of piperazine rings is 1. The first-order valence-electron chi connectivity index (χ1n) is 9.68. The van der Waals surface area contributed by atoms with Gasteiger partial charge in [0.2, 0.25) is 0 Å². The molecule has 0 unspecified atom stereocenters. The van der Waals surface area contributed by atoms with Gasteiger partial charge in [-0.1, -0.05) is 0 Å².